The third-order valence-corrected chi connectivity index (χ3v) is 7.36. The summed E-state index contributed by atoms with van der Waals surface area (Å²) in [5, 5.41) is 14.8. The summed E-state index contributed by atoms with van der Waals surface area (Å²) in [6.07, 6.45) is 1.17. The minimum atomic E-state index is -3.87. The van der Waals surface area contributed by atoms with Crippen molar-refractivity contribution in [1.29, 1.82) is 0 Å². The first kappa shape index (κ1) is 27.4. The van der Waals surface area contributed by atoms with Crippen LogP contribution in [0.1, 0.15) is 13.8 Å². The van der Waals surface area contributed by atoms with Gasteiger partial charge in [0.25, 0.3) is 0 Å². The van der Waals surface area contributed by atoms with Crippen molar-refractivity contribution >= 4 is 59.3 Å². The van der Waals surface area contributed by atoms with Gasteiger partial charge in [-0.15, -0.1) is 29.7 Å². The molecular formula is C31H22N3O4PtS-. The van der Waals surface area contributed by atoms with E-state index in [2.05, 4.69) is 61.9 Å². The Labute approximate surface area is 244 Å². The quantitative estimate of drug-likeness (QED) is 0.112. The first-order valence-corrected chi connectivity index (χ1v) is 13.6. The SMILES string of the molecule is CC(=O)/C=C(/C)O.O=S1(=O)N=c2c(c3ccc(-n4c5ccccc5c5ccccc54)cc3c3ccc[c-]c23)=N1.[Pt]. The van der Waals surface area contributed by atoms with Crippen LogP contribution >= 0.6 is 0 Å². The van der Waals surface area contributed by atoms with Crippen molar-refractivity contribution < 1.29 is 39.4 Å². The van der Waals surface area contributed by atoms with Crippen LogP contribution in [0.3, 0.4) is 0 Å². The van der Waals surface area contributed by atoms with Crippen LogP contribution in [0.25, 0.3) is 49.0 Å². The maximum absolute atomic E-state index is 12.2. The number of hydrogen-bond donors (Lipinski definition) is 1. The van der Waals surface area contributed by atoms with Crippen LogP contribution in [0, 0.1) is 6.07 Å². The summed E-state index contributed by atoms with van der Waals surface area (Å²) < 4.78 is 34.4. The maximum Gasteiger partial charge on any atom is 0.354 e. The number of carbonyl (C=O) groups is 1. The second-order valence-corrected chi connectivity index (χ2v) is 10.5. The van der Waals surface area contributed by atoms with E-state index in [1.807, 2.05) is 36.4 Å². The molecule has 0 saturated carbocycles. The average Bonchev–Trinajstić information content (AvgIpc) is 3.42. The number of ketones is 1. The second kappa shape index (κ2) is 10.4. The van der Waals surface area contributed by atoms with E-state index in [0.29, 0.717) is 16.1 Å². The first-order chi connectivity index (χ1) is 18.7. The monoisotopic (exact) mass is 727 g/mol. The summed E-state index contributed by atoms with van der Waals surface area (Å²) in [6.45, 7) is 2.85. The molecule has 0 aliphatic carbocycles. The molecule has 0 amide bonds. The van der Waals surface area contributed by atoms with E-state index in [0.717, 1.165) is 32.9 Å². The molecule has 7 nitrogen and oxygen atoms in total. The molecule has 5 aromatic carbocycles. The molecule has 0 atom stereocenters. The predicted molar refractivity (Wildman–Crippen MR) is 153 cm³/mol. The van der Waals surface area contributed by atoms with Gasteiger partial charge in [0.15, 0.2) is 5.78 Å². The Morgan fingerprint density at radius 2 is 1.40 bits per heavy atom. The number of fused-ring (bicyclic) bond motifs is 9. The third kappa shape index (κ3) is 4.74. The van der Waals surface area contributed by atoms with Gasteiger partial charge in [0.1, 0.15) is 0 Å². The van der Waals surface area contributed by atoms with Crippen molar-refractivity contribution in [2.75, 3.05) is 0 Å². The number of nitrogens with zero attached hydrogens (tertiary/aromatic N) is 3. The topological polar surface area (TPSA) is 101 Å². The fourth-order valence-electron chi connectivity index (χ4n) is 5.13. The number of allylic oxidation sites excluding steroid dienone is 2. The Kier molecular flexibility index (Phi) is 7.17. The number of aliphatic hydroxyl groups is 1. The fourth-order valence-corrected chi connectivity index (χ4v) is 6.00. The van der Waals surface area contributed by atoms with Crippen molar-refractivity contribution in [2.24, 2.45) is 8.80 Å². The summed E-state index contributed by atoms with van der Waals surface area (Å²) in [6, 6.07) is 31.6. The number of carbonyl (C=O) groups excluding carboxylic acids is 1. The number of benzene rings is 5. The van der Waals surface area contributed by atoms with Crippen LogP contribution in [0.15, 0.2) is 106 Å². The van der Waals surface area contributed by atoms with Crippen LogP contribution in [0.2, 0.25) is 0 Å². The molecule has 1 aromatic heterocycles. The van der Waals surface area contributed by atoms with Crippen LogP contribution in [0.4, 0.5) is 0 Å². The van der Waals surface area contributed by atoms with E-state index in [1.165, 1.54) is 30.7 Å². The standard InChI is InChI=1S/C26H14N3O2S.C5H8O2.Pt/c30-32(31)27-25-20-10-2-1-7-17(20)22-15-16(13-14-21(22)26(25)28-32)29-23-11-5-3-8-18(23)19-9-4-6-12-24(19)29;1-4(6)3-5(2)7;/h1-9,11-15H;3,6H,1-2H3;/q-1;;/b;4-3-;. The molecule has 202 valence electrons. The normalized spacial score (nSPS) is 13.7. The zero-order valence-corrected chi connectivity index (χ0v) is 24.5. The Morgan fingerprint density at radius 1 is 0.800 bits per heavy atom. The van der Waals surface area contributed by atoms with Crippen LogP contribution in [0.5, 0.6) is 0 Å². The summed E-state index contributed by atoms with van der Waals surface area (Å²) >= 11 is 0. The summed E-state index contributed by atoms with van der Waals surface area (Å²) in [5.74, 6) is -0.0625. The van der Waals surface area contributed by atoms with Crippen molar-refractivity contribution in [3.8, 4) is 5.69 Å². The molecule has 6 aromatic rings. The molecular weight excluding hydrogens is 706 g/mol. The Morgan fingerprint density at radius 3 is 2.00 bits per heavy atom. The maximum atomic E-state index is 12.2. The Bertz CT molecular complexity index is 2200. The molecule has 1 N–H and O–H groups in total. The van der Waals surface area contributed by atoms with Crippen LogP contribution in [-0.2, 0) is 36.1 Å². The van der Waals surface area contributed by atoms with Crippen LogP contribution < -0.4 is 10.7 Å². The molecule has 1 aliphatic heterocycles. The molecule has 0 fully saturated rings. The van der Waals surface area contributed by atoms with E-state index in [9.17, 15) is 13.2 Å². The number of aliphatic hydroxyl groups excluding tert-OH is 1. The van der Waals surface area contributed by atoms with Gasteiger partial charge in [0.05, 0.1) is 22.1 Å². The number of rotatable bonds is 2. The zero-order valence-electron chi connectivity index (χ0n) is 21.4. The fraction of sp³-hybridized carbons (Fsp3) is 0.0645. The molecule has 0 saturated heterocycles. The molecule has 0 bridgehead atoms. The smallest absolute Gasteiger partial charge is 0.354 e. The molecule has 40 heavy (non-hydrogen) atoms. The van der Waals surface area contributed by atoms with E-state index in [-0.39, 0.29) is 32.6 Å². The van der Waals surface area contributed by atoms with E-state index >= 15 is 0 Å². The molecule has 2 heterocycles. The minimum Gasteiger partial charge on any atom is -0.512 e. The Balaban J connectivity index is 0.000000362. The molecule has 0 radical (unpaired) electrons. The summed E-state index contributed by atoms with van der Waals surface area (Å²) in [5.41, 5.74) is 3.23. The van der Waals surface area contributed by atoms with Crippen molar-refractivity contribution in [3.05, 3.63) is 114 Å². The Hall–Kier alpha value is -4.13. The average molecular weight is 728 g/mol. The van der Waals surface area contributed by atoms with Crippen molar-refractivity contribution in [3.63, 3.8) is 0 Å². The first-order valence-electron chi connectivity index (χ1n) is 12.2. The van der Waals surface area contributed by atoms with Gasteiger partial charge in [-0.3, -0.25) is 4.79 Å². The number of hydrogen-bond acceptors (Lipinski definition) is 4. The van der Waals surface area contributed by atoms with Gasteiger partial charge in [-0.05, 0) is 48.9 Å². The van der Waals surface area contributed by atoms with E-state index in [4.69, 9.17) is 5.11 Å². The van der Waals surface area contributed by atoms with Crippen molar-refractivity contribution in [1.82, 2.24) is 4.57 Å². The zero-order chi connectivity index (χ0) is 27.3. The van der Waals surface area contributed by atoms with E-state index < -0.39 is 10.2 Å². The number of para-hydroxylation sites is 2. The molecule has 0 spiro atoms. The number of aromatic nitrogens is 1. The molecule has 7 rings (SSSR count). The summed E-state index contributed by atoms with van der Waals surface area (Å²) in [4.78, 5) is 10.0. The minimum absolute atomic E-state index is 0. The third-order valence-electron chi connectivity index (χ3n) is 6.53. The molecule has 1 aliphatic rings. The van der Waals surface area contributed by atoms with Gasteiger partial charge >= 0.3 is 10.2 Å². The van der Waals surface area contributed by atoms with Gasteiger partial charge < -0.3 is 9.67 Å². The second-order valence-electron chi connectivity index (χ2n) is 9.28. The van der Waals surface area contributed by atoms with Crippen LogP contribution in [-0.4, -0.2) is 23.9 Å². The van der Waals surface area contributed by atoms with Gasteiger partial charge in [-0.25, -0.2) is 0 Å². The van der Waals surface area contributed by atoms with E-state index in [1.54, 1.807) is 6.07 Å². The van der Waals surface area contributed by atoms with Crippen molar-refractivity contribution in [2.45, 2.75) is 13.8 Å². The molecule has 9 heteroatoms. The van der Waals surface area contributed by atoms with Gasteiger partial charge in [0.2, 0.25) is 0 Å². The predicted octanol–water partition coefficient (Wildman–Crippen LogP) is 5.42. The molecule has 0 unspecified atom stereocenters. The largest absolute Gasteiger partial charge is 0.512 e. The summed E-state index contributed by atoms with van der Waals surface area (Å²) in [7, 11) is -3.87. The van der Waals surface area contributed by atoms with Gasteiger partial charge in [-0.1, -0.05) is 47.9 Å². The van der Waals surface area contributed by atoms with Gasteiger partial charge in [0, 0.05) is 49.0 Å². The van der Waals surface area contributed by atoms with Gasteiger partial charge in [-0.2, -0.15) is 17.2 Å².